The maximum Gasteiger partial charge on any atom is 0.328 e. The molecule has 6 heteroatoms. The third-order valence-corrected chi connectivity index (χ3v) is 3.17. The fourth-order valence-electron chi connectivity index (χ4n) is 1.69. The molecule has 0 saturated heterocycles. The van der Waals surface area contributed by atoms with Crippen molar-refractivity contribution in [2.24, 2.45) is 5.92 Å². The second-order valence-electron chi connectivity index (χ2n) is 4.29. The van der Waals surface area contributed by atoms with Gasteiger partial charge >= 0.3 is 5.97 Å². The van der Waals surface area contributed by atoms with Crippen molar-refractivity contribution in [3.63, 3.8) is 0 Å². The highest BCUT2D eigenvalue weighted by molar-refractivity contribution is 6.33. The number of nitrogens with one attached hydrogen (secondary N) is 1. The van der Waals surface area contributed by atoms with Crippen molar-refractivity contribution in [1.29, 1.82) is 5.26 Å². The zero-order valence-electron chi connectivity index (χ0n) is 11.2. The molecule has 0 saturated carbocycles. The van der Waals surface area contributed by atoms with Crippen LogP contribution in [0.1, 0.15) is 23.7 Å². The lowest BCUT2D eigenvalue weighted by atomic mass is 9.98. The van der Waals surface area contributed by atoms with Gasteiger partial charge in [0.05, 0.1) is 23.8 Å². The lowest BCUT2D eigenvalue weighted by molar-refractivity contribution is -0.144. The van der Waals surface area contributed by atoms with Crippen LogP contribution in [0.3, 0.4) is 0 Å². The Morgan fingerprint density at radius 1 is 1.45 bits per heavy atom. The molecule has 0 fully saturated rings. The van der Waals surface area contributed by atoms with Crippen LogP contribution in [0.4, 0.5) is 0 Å². The van der Waals surface area contributed by atoms with E-state index in [9.17, 15) is 9.59 Å². The van der Waals surface area contributed by atoms with E-state index in [1.54, 1.807) is 31.2 Å². The van der Waals surface area contributed by atoms with Crippen LogP contribution in [0.2, 0.25) is 5.02 Å². The molecule has 0 aliphatic heterocycles. The Bertz CT molecular complexity index is 539. The molecule has 1 aromatic carbocycles. The Morgan fingerprint density at radius 2 is 2.10 bits per heavy atom. The van der Waals surface area contributed by atoms with E-state index in [-0.39, 0.29) is 17.9 Å². The van der Waals surface area contributed by atoms with Gasteiger partial charge in [0.15, 0.2) is 0 Å². The van der Waals surface area contributed by atoms with Gasteiger partial charge in [-0.05, 0) is 12.1 Å². The molecule has 0 heterocycles. The highest BCUT2D eigenvalue weighted by Crippen LogP contribution is 2.16. The number of rotatable bonds is 5. The molecule has 106 valence electrons. The number of ether oxygens (including phenoxy) is 1. The Balaban J connectivity index is 2.90. The SMILES string of the molecule is COC(=O)[C@H](NC(=O)c1ccccc1Cl)[C@H](C)CC#N. The third kappa shape index (κ3) is 3.97. The molecular formula is C14H15ClN2O3. The van der Waals surface area contributed by atoms with Gasteiger partial charge in [-0.15, -0.1) is 0 Å². The molecule has 0 aromatic heterocycles. The summed E-state index contributed by atoms with van der Waals surface area (Å²) in [4.78, 5) is 23.8. The van der Waals surface area contributed by atoms with Gasteiger partial charge in [-0.2, -0.15) is 5.26 Å². The van der Waals surface area contributed by atoms with E-state index >= 15 is 0 Å². The fourth-order valence-corrected chi connectivity index (χ4v) is 1.91. The molecule has 0 radical (unpaired) electrons. The van der Waals surface area contributed by atoms with E-state index in [0.29, 0.717) is 5.02 Å². The van der Waals surface area contributed by atoms with Crippen molar-refractivity contribution in [3.8, 4) is 6.07 Å². The molecule has 0 spiro atoms. The van der Waals surface area contributed by atoms with Crippen molar-refractivity contribution in [2.75, 3.05) is 7.11 Å². The Kier molecular flexibility index (Phi) is 6.01. The molecule has 2 atom stereocenters. The van der Waals surface area contributed by atoms with Gasteiger partial charge in [0, 0.05) is 12.3 Å². The topological polar surface area (TPSA) is 79.2 Å². The Hall–Kier alpha value is -2.06. The van der Waals surface area contributed by atoms with E-state index in [1.807, 2.05) is 6.07 Å². The van der Waals surface area contributed by atoms with E-state index in [2.05, 4.69) is 10.1 Å². The first-order chi connectivity index (χ1) is 9.51. The van der Waals surface area contributed by atoms with Gasteiger partial charge in [0.1, 0.15) is 6.04 Å². The predicted molar refractivity (Wildman–Crippen MR) is 74.1 cm³/mol. The van der Waals surface area contributed by atoms with Crippen LogP contribution in [0.5, 0.6) is 0 Å². The first-order valence-electron chi connectivity index (χ1n) is 6.01. The zero-order valence-corrected chi connectivity index (χ0v) is 12.0. The summed E-state index contributed by atoms with van der Waals surface area (Å²) in [5.41, 5.74) is 0.271. The second kappa shape index (κ2) is 7.51. The maximum absolute atomic E-state index is 12.1. The lowest BCUT2D eigenvalue weighted by Gasteiger charge is -2.21. The number of amides is 1. The highest BCUT2D eigenvalue weighted by atomic mass is 35.5. The summed E-state index contributed by atoms with van der Waals surface area (Å²) in [5.74, 6) is -1.43. The number of nitriles is 1. The molecule has 0 aliphatic carbocycles. The number of halogens is 1. The monoisotopic (exact) mass is 294 g/mol. The van der Waals surface area contributed by atoms with Crippen LogP contribution in [0, 0.1) is 17.2 Å². The van der Waals surface area contributed by atoms with Gasteiger partial charge in [-0.3, -0.25) is 4.79 Å². The standard InChI is InChI=1S/C14H15ClN2O3/c1-9(7-8-16)12(14(19)20-2)17-13(18)10-5-3-4-6-11(10)15/h3-6,9,12H,7H2,1-2H3,(H,17,18)/t9-,12-/m1/s1. The van der Waals surface area contributed by atoms with Gasteiger partial charge in [0.25, 0.3) is 5.91 Å². The lowest BCUT2D eigenvalue weighted by Crippen LogP contribution is -2.45. The van der Waals surface area contributed by atoms with Gasteiger partial charge in [-0.1, -0.05) is 30.7 Å². The summed E-state index contributed by atoms with van der Waals surface area (Å²) >= 11 is 5.93. The average Bonchev–Trinajstić information content (AvgIpc) is 2.44. The van der Waals surface area contributed by atoms with Crippen LogP contribution in [-0.2, 0) is 9.53 Å². The number of carbonyl (C=O) groups is 2. The first-order valence-corrected chi connectivity index (χ1v) is 6.39. The quantitative estimate of drug-likeness (QED) is 0.844. The number of benzene rings is 1. The zero-order chi connectivity index (χ0) is 15.1. The van der Waals surface area contributed by atoms with Crippen molar-refractivity contribution < 1.29 is 14.3 Å². The largest absolute Gasteiger partial charge is 0.467 e. The molecule has 1 aromatic rings. The molecular weight excluding hydrogens is 280 g/mol. The number of hydrogen-bond acceptors (Lipinski definition) is 4. The van der Waals surface area contributed by atoms with Crippen molar-refractivity contribution in [2.45, 2.75) is 19.4 Å². The molecule has 0 bridgehead atoms. The number of methoxy groups -OCH3 is 1. The summed E-state index contributed by atoms with van der Waals surface area (Å²) in [6.45, 7) is 1.69. The van der Waals surface area contributed by atoms with Gasteiger partial charge in [-0.25, -0.2) is 4.79 Å². The first kappa shape index (κ1) is 16.0. The molecule has 0 aliphatic rings. The van der Waals surface area contributed by atoms with E-state index in [0.717, 1.165) is 0 Å². The minimum Gasteiger partial charge on any atom is -0.467 e. The molecule has 20 heavy (non-hydrogen) atoms. The summed E-state index contributed by atoms with van der Waals surface area (Å²) in [7, 11) is 1.23. The summed E-state index contributed by atoms with van der Waals surface area (Å²) < 4.78 is 4.65. The molecule has 0 unspecified atom stereocenters. The van der Waals surface area contributed by atoms with Crippen LogP contribution in [0.15, 0.2) is 24.3 Å². The smallest absolute Gasteiger partial charge is 0.328 e. The number of carbonyl (C=O) groups excluding carboxylic acids is 2. The fraction of sp³-hybridized carbons (Fsp3) is 0.357. The van der Waals surface area contributed by atoms with Crippen LogP contribution in [0.25, 0.3) is 0 Å². The van der Waals surface area contributed by atoms with Crippen molar-refractivity contribution in [3.05, 3.63) is 34.9 Å². The van der Waals surface area contributed by atoms with E-state index in [1.165, 1.54) is 7.11 Å². The van der Waals surface area contributed by atoms with Crippen LogP contribution < -0.4 is 5.32 Å². The molecule has 1 rings (SSSR count). The van der Waals surface area contributed by atoms with Gasteiger partial charge < -0.3 is 10.1 Å². The van der Waals surface area contributed by atoms with Crippen LogP contribution in [-0.4, -0.2) is 25.0 Å². The number of hydrogen-bond donors (Lipinski definition) is 1. The van der Waals surface area contributed by atoms with E-state index in [4.69, 9.17) is 16.9 Å². The number of esters is 1. The average molecular weight is 295 g/mol. The molecule has 1 N–H and O–H groups in total. The molecule has 1 amide bonds. The highest BCUT2D eigenvalue weighted by Gasteiger charge is 2.28. The Morgan fingerprint density at radius 3 is 2.65 bits per heavy atom. The van der Waals surface area contributed by atoms with Gasteiger partial charge in [0.2, 0.25) is 0 Å². The van der Waals surface area contributed by atoms with Crippen LogP contribution >= 0.6 is 11.6 Å². The summed E-state index contributed by atoms with van der Waals surface area (Å²) in [6, 6.07) is 7.60. The maximum atomic E-state index is 12.1. The number of nitrogens with zero attached hydrogens (tertiary/aromatic N) is 1. The second-order valence-corrected chi connectivity index (χ2v) is 4.70. The minimum atomic E-state index is -0.886. The summed E-state index contributed by atoms with van der Waals surface area (Å²) in [6.07, 6.45) is 0.128. The van der Waals surface area contributed by atoms with Crippen molar-refractivity contribution in [1.82, 2.24) is 5.32 Å². The molecule has 5 nitrogen and oxygen atoms in total. The van der Waals surface area contributed by atoms with E-state index < -0.39 is 17.9 Å². The predicted octanol–water partition coefficient (Wildman–Crippen LogP) is 2.16. The van der Waals surface area contributed by atoms with Crippen molar-refractivity contribution >= 4 is 23.5 Å². The minimum absolute atomic E-state index is 0.128. The Labute approximate surface area is 122 Å². The normalized spacial score (nSPS) is 12.9. The summed E-state index contributed by atoms with van der Waals surface area (Å²) in [5, 5.41) is 11.6. The third-order valence-electron chi connectivity index (χ3n) is 2.84.